The maximum Gasteiger partial charge on any atom is 0.347 e. The average molecular weight is 446 g/mol. The summed E-state index contributed by atoms with van der Waals surface area (Å²) < 4.78 is 2.16. The monoisotopic (exact) mass is 445 g/mol. The van der Waals surface area contributed by atoms with Crippen LogP contribution in [0, 0.1) is 13.8 Å². The molecular formula is C26H24ClN3O2. The van der Waals surface area contributed by atoms with Gasteiger partial charge in [0.05, 0.1) is 6.54 Å². The minimum absolute atomic E-state index is 0.201. The largest absolute Gasteiger partial charge is 0.477 e. The molecule has 0 saturated heterocycles. The Labute approximate surface area is 192 Å². The summed E-state index contributed by atoms with van der Waals surface area (Å²) in [6.07, 6.45) is 0.808. The minimum atomic E-state index is -1.15. The molecule has 5 nitrogen and oxygen atoms in total. The molecule has 0 fully saturated rings. The maximum atomic E-state index is 11.6. The highest BCUT2D eigenvalue weighted by atomic mass is 35.5. The summed E-state index contributed by atoms with van der Waals surface area (Å²) in [5, 5.41) is 9.30. The van der Waals surface area contributed by atoms with Crippen molar-refractivity contribution in [1.82, 2.24) is 14.5 Å². The second kappa shape index (κ2) is 8.97. The summed E-state index contributed by atoms with van der Waals surface area (Å²) in [6, 6.07) is 19.2. The third kappa shape index (κ3) is 4.16. The van der Waals surface area contributed by atoms with Crippen LogP contribution in [0.3, 0.4) is 0 Å². The summed E-state index contributed by atoms with van der Waals surface area (Å²) in [5.41, 5.74) is 7.00. The molecule has 2 aromatic heterocycles. The van der Waals surface area contributed by atoms with Crippen LogP contribution in [0.4, 0.5) is 0 Å². The van der Waals surface area contributed by atoms with E-state index in [0.29, 0.717) is 12.1 Å². The molecule has 0 amide bonds. The van der Waals surface area contributed by atoms with Gasteiger partial charge in [0.25, 0.3) is 0 Å². The molecule has 2 aromatic carbocycles. The fourth-order valence-electron chi connectivity index (χ4n) is 3.98. The van der Waals surface area contributed by atoms with Gasteiger partial charge in [0.1, 0.15) is 16.4 Å². The Kier molecular flexibility index (Phi) is 6.10. The molecule has 32 heavy (non-hydrogen) atoms. The number of halogens is 1. The summed E-state index contributed by atoms with van der Waals surface area (Å²) in [7, 11) is 0. The van der Waals surface area contributed by atoms with Crippen LogP contribution in [0.5, 0.6) is 0 Å². The van der Waals surface area contributed by atoms with Gasteiger partial charge < -0.3 is 9.67 Å². The lowest BCUT2D eigenvalue weighted by Gasteiger charge is -2.12. The number of benzene rings is 2. The number of aromatic nitrogens is 3. The number of aryl methyl sites for hydroxylation is 3. The van der Waals surface area contributed by atoms with Crippen LogP contribution in [0.1, 0.15) is 40.7 Å². The predicted octanol–water partition coefficient (Wildman–Crippen LogP) is 5.74. The smallest absolute Gasteiger partial charge is 0.347 e. The molecule has 4 aromatic rings. The van der Waals surface area contributed by atoms with Crippen molar-refractivity contribution in [3.05, 3.63) is 99.5 Å². The van der Waals surface area contributed by atoms with Crippen LogP contribution in [-0.4, -0.2) is 25.6 Å². The number of pyridine rings is 1. The lowest BCUT2D eigenvalue weighted by atomic mass is 9.96. The first-order valence-electron chi connectivity index (χ1n) is 10.5. The van der Waals surface area contributed by atoms with Crippen LogP contribution >= 0.6 is 11.6 Å². The number of hydrogen-bond donors (Lipinski definition) is 1. The zero-order valence-corrected chi connectivity index (χ0v) is 19.0. The van der Waals surface area contributed by atoms with Crippen LogP contribution in [0.15, 0.2) is 65.7 Å². The van der Waals surface area contributed by atoms with E-state index in [1.807, 2.05) is 61.5 Å². The van der Waals surface area contributed by atoms with E-state index >= 15 is 0 Å². The van der Waals surface area contributed by atoms with Crippen LogP contribution < -0.4 is 0 Å². The van der Waals surface area contributed by atoms with Crippen molar-refractivity contribution in [1.29, 1.82) is 0 Å². The van der Waals surface area contributed by atoms with Crippen molar-refractivity contribution in [2.45, 2.75) is 33.7 Å². The number of carboxylic acids is 1. The number of nitrogens with zero attached hydrogens (tertiary/aromatic N) is 3. The van der Waals surface area contributed by atoms with Gasteiger partial charge in [-0.15, -0.1) is 0 Å². The molecular weight excluding hydrogens is 422 g/mol. The van der Waals surface area contributed by atoms with Crippen molar-refractivity contribution in [3.63, 3.8) is 0 Å². The highest BCUT2D eigenvalue weighted by Gasteiger charge is 2.17. The number of hydrogen-bond acceptors (Lipinski definition) is 3. The topological polar surface area (TPSA) is 68.0 Å². The van der Waals surface area contributed by atoms with Crippen LogP contribution in [-0.2, 0) is 17.8 Å². The standard InChI is InChI=1S/C26H24ClN3O2/c1-4-21-29-24-16(2)14-17(3)28-25(24)30(21)15-18-10-12-20(13-11-18)22(23(27)26(31)32)19-8-6-5-7-9-19/h5-14H,4,15H2,1-3H3,(H,31,32). The summed E-state index contributed by atoms with van der Waals surface area (Å²) >= 11 is 6.20. The lowest BCUT2D eigenvalue weighted by Crippen LogP contribution is -2.06. The Morgan fingerprint density at radius 1 is 1.00 bits per heavy atom. The van der Waals surface area contributed by atoms with Gasteiger partial charge in [0.15, 0.2) is 5.65 Å². The van der Waals surface area contributed by atoms with Gasteiger partial charge in [0, 0.05) is 17.7 Å². The maximum absolute atomic E-state index is 11.6. The number of carboxylic acid groups (broad SMARTS) is 1. The predicted molar refractivity (Wildman–Crippen MR) is 128 cm³/mol. The Bertz CT molecular complexity index is 1320. The SMILES string of the molecule is CCc1nc2c(C)cc(C)nc2n1Cc1ccc(C(=C(Cl)C(=O)O)c2ccccc2)cc1. The lowest BCUT2D eigenvalue weighted by molar-refractivity contribution is -0.131. The third-order valence-electron chi connectivity index (χ3n) is 5.47. The van der Waals surface area contributed by atoms with Gasteiger partial charge in [-0.3, -0.25) is 0 Å². The molecule has 0 spiro atoms. The Hall–Kier alpha value is -3.44. The molecule has 0 aliphatic carbocycles. The second-order valence-electron chi connectivity index (χ2n) is 7.78. The van der Waals surface area contributed by atoms with E-state index in [-0.39, 0.29) is 5.03 Å². The molecule has 0 bridgehead atoms. The Morgan fingerprint density at radius 3 is 2.28 bits per heavy atom. The fourth-order valence-corrected chi connectivity index (χ4v) is 4.19. The van der Waals surface area contributed by atoms with Gasteiger partial charge in [-0.1, -0.05) is 73.1 Å². The van der Waals surface area contributed by atoms with Crippen molar-refractivity contribution < 1.29 is 9.90 Å². The number of carbonyl (C=O) groups is 1. The molecule has 0 unspecified atom stereocenters. The Morgan fingerprint density at radius 2 is 1.66 bits per heavy atom. The number of aliphatic carboxylic acids is 1. The van der Waals surface area contributed by atoms with Gasteiger partial charge in [0.2, 0.25) is 0 Å². The molecule has 0 saturated carbocycles. The van der Waals surface area contributed by atoms with Crippen LogP contribution in [0.25, 0.3) is 16.7 Å². The van der Waals surface area contributed by atoms with Crippen molar-refractivity contribution in [2.75, 3.05) is 0 Å². The third-order valence-corrected chi connectivity index (χ3v) is 5.82. The first-order chi connectivity index (χ1) is 15.4. The number of fused-ring (bicyclic) bond motifs is 1. The minimum Gasteiger partial charge on any atom is -0.477 e. The van der Waals surface area contributed by atoms with Crippen LogP contribution in [0.2, 0.25) is 0 Å². The van der Waals surface area contributed by atoms with E-state index in [2.05, 4.69) is 24.5 Å². The molecule has 6 heteroatoms. The molecule has 2 heterocycles. The molecule has 1 N–H and O–H groups in total. The van der Waals surface area contributed by atoms with E-state index in [1.165, 1.54) is 0 Å². The first-order valence-corrected chi connectivity index (χ1v) is 10.9. The second-order valence-corrected chi connectivity index (χ2v) is 8.16. The molecule has 0 aliphatic heterocycles. The van der Waals surface area contributed by atoms with E-state index in [9.17, 15) is 9.90 Å². The molecule has 0 atom stereocenters. The fraction of sp³-hybridized carbons (Fsp3) is 0.192. The van der Waals surface area contributed by atoms with Gasteiger partial charge in [-0.05, 0) is 42.2 Å². The van der Waals surface area contributed by atoms with Gasteiger partial charge in [-0.2, -0.15) is 0 Å². The quantitative estimate of drug-likeness (QED) is 0.384. The zero-order chi connectivity index (χ0) is 22.8. The number of rotatable bonds is 6. The summed E-state index contributed by atoms with van der Waals surface area (Å²) in [5.74, 6) is -0.159. The molecule has 0 radical (unpaired) electrons. The zero-order valence-electron chi connectivity index (χ0n) is 18.3. The number of imidazole rings is 1. The molecule has 0 aliphatic rings. The van der Waals surface area contributed by atoms with E-state index < -0.39 is 5.97 Å². The van der Waals surface area contributed by atoms with Crippen molar-refractivity contribution >= 4 is 34.3 Å². The normalized spacial score (nSPS) is 12.1. The average Bonchev–Trinajstić information content (AvgIpc) is 3.13. The molecule has 162 valence electrons. The highest BCUT2D eigenvalue weighted by molar-refractivity contribution is 6.44. The highest BCUT2D eigenvalue weighted by Crippen LogP contribution is 2.30. The van der Waals surface area contributed by atoms with E-state index in [4.69, 9.17) is 21.6 Å². The van der Waals surface area contributed by atoms with Crippen molar-refractivity contribution in [3.8, 4) is 0 Å². The summed E-state index contributed by atoms with van der Waals surface area (Å²) in [6.45, 7) is 6.78. The Balaban J connectivity index is 1.74. The summed E-state index contributed by atoms with van der Waals surface area (Å²) in [4.78, 5) is 21.2. The molecule has 4 rings (SSSR count). The van der Waals surface area contributed by atoms with Gasteiger partial charge in [-0.25, -0.2) is 14.8 Å². The van der Waals surface area contributed by atoms with E-state index in [1.54, 1.807) is 0 Å². The van der Waals surface area contributed by atoms with Crippen molar-refractivity contribution in [2.24, 2.45) is 0 Å². The van der Waals surface area contributed by atoms with E-state index in [0.717, 1.165) is 51.4 Å². The first kappa shape index (κ1) is 21.8. The van der Waals surface area contributed by atoms with Gasteiger partial charge >= 0.3 is 5.97 Å².